The molecule has 2 aromatic rings. The van der Waals surface area contributed by atoms with E-state index in [2.05, 4.69) is 22.0 Å². The molecule has 0 aromatic carbocycles. The number of nitrogen functional groups attached to an aromatic ring is 1. The third kappa shape index (κ3) is 2.25. The lowest BCUT2D eigenvalue weighted by molar-refractivity contribution is 0.329. The van der Waals surface area contributed by atoms with Crippen molar-refractivity contribution in [3.63, 3.8) is 0 Å². The predicted molar refractivity (Wildman–Crippen MR) is 70.2 cm³/mol. The van der Waals surface area contributed by atoms with Gasteiger partial charge >= 0.3 is 0 Å². The molecule has 2 aromatic heterocycles. The first-order chi connectivity index (χ1) is 8.72. The van der Waals surface area contributed by atoms with Crippen LogP contribution in [0, 0.1) is 5.92 Å². The highest BCUT2D eigenvalue weighted by Gasteiger charge is 2.24. The van der Waals surface area contributed by atoms with Crippen LogP contribution in [0.1, 0.15) is 44.3 Å². The molecular weight excluding hydrogens is 248 g/mol. The van der Waals surface area contributed by atoms with E-state index in [1.165, 1.54) is 24.2 Å². The monoisotopic (exact) mass is 264 g/mol. The van der Waals surface area contributed by atoms with Crippen molar-refractivity contribution in [2.75, 3.05) is 5.73 Å². The van der Waals surface area contributed by atoms with Crippen LogP contribution >= 0.6 is 11.3 Å². The Bertz CT molecular complexity index is 528. The molecule has 3 rings (SSSR count). The van der Waals surface area contributed by atoms with Crippen LogP contribution in [-0.4, -0.2) is 15.1 Å². The highest BCUT2D eigenvalue weighted by molar-refractivity contribution is 7.13. The van der Waals surface area contributed by atoms with Gasteiger partial charge in [0.15, 0.2) is 11.0 Å². The lowest BCUT2D eigenvalue weighted by Gasteiger charge is -2.23. The zero-order valence-electron chi connectivity index (χ0n) is 10.3. The fourth-order valence-corrected chi connectivity index (χ4v) is 2.95. The average molecular weight is 264 g/mol. The van der Waals surface area contributed by atoms with Gasteiger partial charge in [0, 0.05) is 11.3 Å². The first-order valence-corrected chi connectivity index (χ1v) is 7.15. The van der Waals surface area contributed by atoms with Gasteiger partial charge in [-0.25, -0.2) is 4.98 Å². The molecule has 1 fully saturated rings. The Hall–Kier alpha value is -1.43. The van der Waals surface area contributed by atoms with Gasteiger partial charge in [-0.1, -0.05) is 24.9 Å². The van der Waals surface area contributed by atoms with Crippen molar-refractivity contribution in [3.8, 4) is 11.6 Å². The van der Waals surface area contributed by atoms with Gasteiger partial charge in [0.25, 0.3) is 5.89 Å². The summed E-state index contributed by atoms with van der Waals surface area (Å²) in [7, 11) is 0. The van der Waals surface area contributed by atoms with Crippen LogP contribution in [0.2, 0.25) is 0 Å². The zero-order valence-corrected chi connectivity index (χ0v) is 11.1. The van der Waals surface area contributed by atoms with Crippen LogP contribution in [0.15, 0.2) is 9.90 Å². The van der Waals surface area contributed by atoms with E-state index in [4.69, 9.17) is 10.3 Å². The van der Waals surface area contributed by atoms with Gasteiger partial charge in [-0.15, -0.1) is 11.3 Å². The number of nitrogens with zero attached hydrogens (tertiary/aromatic N) is 3. The van der Waals surface area contributed by atoms with Gasteiger partial charge in [-0.2, -0.15) is 4.98 Å². The van der Waals surface area contributed by atoms with E-state index in [9.17, 15) is 0 Å². The maximum atomic E-state index is 5.60. The summed E-state index contributed by atoms with van der Waals surface area (Å²) < 4.78 is 5.27. The number of thiazole rings is 1. The highest BCUT2D eigenvalue weighted by Crippen LogP contribution is 2.34. The summed E-state index contributed by atoms with van der Waals surface area (Å²) in [6.07, 6.45) is 4.80. The lowest BCUT2D eigenvalue weighted by Crippen LogP contribution is -2.11. The molecule has 0 bridgehead atoms. The van der Waals surface area contributed by atoms with Crippen LogP contribution in [0.5, 0.6) is 0 Å². The second kappa shape index (κ2) is 4.68. The Balaban J connectivity index is 1.77. The SMILES string of the molecule is CC1CCC(c2noc(-c3csc(N)n3)n2)CC1. The molecule has 0 saturated heterocycles. The number of aromatic nitrogens is 3. The summed E-state index contributed by atoms with van der Waals surface area (Å²) in [5.74, 6) is 2.57. The Morgan fingerprint density at radius 1 is 1.28 bits per heavy atom. The first-order valence-electron chi connectivity index (χ1n) is 6.27. The highest BCUT2D eigenvalue weighted by atomic mass is 32.1. The van der Waals surface area contributed by atoms with Crippen molar-refractivity contribution in [2.45, 2.75) is 38.5 Å². The van der Waals surface area contributed by atoms with Crippen molar-refractivity contribution in [1.29, 1.82) is 0 Å². The first kappa shape index (κ1) is 11.6. The van der Waals surface area contributed by atoms with E-state index >= 15 is 0 Å². The van der Waals surface area contributed by atoms with Crippen molar-refractivity contribution in [1.82, 2.24) is 15.1 Å². The molecule has 1 aliphatic rings. The summed E-state index contributed by atoms with van der Waals surface area (Å²) in [5.41, 5.74) is 6.28. The lowest BCUT2D eigenvalue weighted by atomic mass is 9.83. The zero-order chi connectivity index (χ0) is 12.5. The Kier molecular flexibility index (Phi) is 3.03. The molecule has 5 nitrogen and oxygen atoms in total. The normalized spacial score (nSPS) is 24.3. The second-order valence-electron chi connectivity index (χ2n) is 4.99. The molecule has 96 valence electrons. The Morgan fingerprint density at radius 3 is 2.72 bits per heavy atom. The van der Waals surface area contributed by atoms with Gasteiger partial charge < -0.3 is 10.3 Å². The van der Waals surface area contributed by atoms with E-state index in [0.717, 1.165) is 24.6 Å². The van der Waals surface area contributed by atoms with Crippen molar-refractivity contribution in [2.24, 2.45) is 5.92 Å². The molecule has 0 radical (unpaired) electrons. The molecule has 1 saturated carbocycles. The van der Waals surface area contributed by atoms with Crippen LogP contribution in [0.3, 0.4) is 0 Å². The van der Waals surface area contributed by atoms with Gasteiger partial charge in [0.2, 0.25) is 0 Å². The topological polar surface area (TPSA) is 77.8 Å². The molecule has 1 aliphatic carbocycles. The minimum Gasteiger partial charge on any atom is -0.375 e. The molecule has 2 heterocycles. The minimum absolute atomic E-state index is 0.440. The maximum Gasteiger partial charge on any atom is 0.277 e. The largest absolute Gasteiger partial charge is 0.375 e. The Labute approximate surface area is 109 Å². The van der Waals surface area contributed by atoms with Gasteiger partial charge in [-0.05, 0) is 18.8 Å². The number of rotatable bonds is 2. The molecule has 6 heteroatoms. The molecule has 18 heavy (non-hydrogen) atoms. The van der Waals surface area contributed by atoms with Crippen LogP contribution in [0.4, 0.5) is 5.13 Å². The average Bonchev–Trinajstić information content (AvgIpc) is 2.98. The maximum absolute atomic E-state index is 5.60. The van der Waals surface area contributed by atoms with Gasteiger partial charge in [0.1, 0.15) is 5.69 Å². The minimum atomic E-state index is 0.440. The van der Waals surface area contributed by atoms with Crippen molar-refractivity contribution in [3.05, 3.63) is 11.2 Å². The van der Waals surface area contributed by atoms with Gasteiger partial charge in [-0.3, -0.25) is 0 Å². The smallest absolute Gasteiger partial charge is 0.277 e. The van der Waals surface area contributed by atoms with E-state index in [0.29, 0.717) is 22.6 Å². The van der Waals surface area contributed by atoms with Crippen molar-refractivity contribution < 1.29 is 4.52 Å². The van der Waals surface area contributed by atoms with Crippen LogP contribution in [0.25, 0.3) is 11.6 Å². The fourth-order valence-electron chi connectivity index (χ4n) is 2.41. The molecule has 0 aliphatic heterocycles. The number of hydrogen-bond donors (Lipinski definition) is 1. The molecule has 0 amide bonds. The van der Waals surface area contributed by atoms with E-state index in [1.807, 2.05) is 5.38 Å². The number of nitrogens with two attached hydrogens (primary N) is 1. The number of anilines is 1. The summed E-state index contributed by atoms with van der Waals surface area (Å²) in [6, 6.07) is 0. The molecule has 0 spiro atoms. The van der Waals surface area contributed by atoms with E-state index in [1.54, 1.807) is 0 Å². The summed E-state index contributed by atoms with van der Waals surface area (Å²) in [6.45, 7) is 2.30. The third-order valence-electron chi connectivity index (χ3n) is 3.56. The van der Waals surface area contributed by atoms with Crippen molar-refractivity contribution >= 4 is 16.5 Å². The molecule has 0 unspecified atom stereocenters. The second-order valence-corrected chi connectivity index (χ2v) is 5.88. The quantitative estimate of drug-likeness (QED) is 0.901. The summed E-state index contributed by atoms with van der Waals surface area (Å²) in [4.78, 5) is 8.60. The fraction of sp³-hybridized carbons (Fsp3) is 0.583. The molecular formula is C12H16N4OS. The van der Waals surface area contributed by atoms with E-state index < -0.39 is 0 Å². The standard InChI is InChI=1S/C12H16N4OS/c1-7-2-4-8(5-3-7)10-15-11(17-16-10)9-6-18-12(13)14-9/h6-8H,2-5H2,1H3,(H2,13,14). The molecule has 2 N–H and O–H groups in total. The summed E-state index contributed by atoms with van der Waals surface area (Å²) in [5, 5.41) is 6.46. The van der Waals surface area contributed by atoms with Crippen LogP contribution in [-0.2, 0) is 0 Å². The number of hydrogen-bond acceptors (Lipinski definition) is 6. The predicted octanol–water partition coefficient (Wildman–Crippen LogP) is 3.07. The van der Waals surface area contributed by atoms with Gasteiger partial charge in [0.05, 0.1) is 0 Å². The summed E-state index contributed by atoms with van der Waals surface area (Å²) >= 11 is 1.38. The van der Waals surface area contributed by atoms with E-state index in [-0.39, 0.29) is 0 Å². The van der Waals surface area contributed by atoms with Crippen LogP contribution < -0.4 is 5.73 Å². The third-order valence-corrected chi connectivity index (χ3v) is 4.24. The molecule has 0 atom stereocenters. The Morgan fingerprint density at radius 2 is 2.06 bits per heavy atom.